The molecule has 1 N–H and O–H groups in total. The minimum atomic E-state index is -0.607. The van der Waals surface area contributed by atoms with Crippen molar-refractivity contribution in [1.82, 2.24) is 15.1 Å². The molecule has 8 heteroatoms. The van der Waals surface area contributed by atoms with E-state index in [9.17, 15) is 14.4 Å². The molecule has 0 aliphatic rings. The minimum absolute atomic E-state index is 0.0413. The predicted octanol–water partition coefficient (Wildman–Crippen LogP) is 0.823. The van der Waals surface area contributed by atoms with E-state index in [0.717, 1.165) is 4.68 Å². The highest BCUT2D eigenvalue weighted by Crippen LogP contribution is 2.21. The van der Waals surface area contributed by atoms with E-state index in [1.54, 1.807) is 31.4 Å². The Morgan fingerprint density at radius 3 is 2.40 bits per heavy atom. The van der Waals surface area contributed by atoms with Crippen LogP contribution in [0.25, 0.3) is 0 Å². The van der Waals surface area contributed by atoms with Crippen molar-refractivity contribution in [2.75, 3.05) is 14.2 Å². The number of aromatic nitrogens is 2. The number of benzene rings is 1. The van der Waals surface area contributed by atoms with Crippen LogP contribution in [-0.2, 0) is 16.6 Å². The van der Waals surface area contributed by atoms with E-state index in [1.165, 1.54) is 26.3 Å². The Bertz CT molecular complexity index is 814. The number of amides is 1. The molecular weight excluding hydrogens is 326 g/mol. The lowest BCUT2D eigenvalue weighted by molar-refractivity contribution is -0.141. The summed E-state index contributed by atoms with van der Waals surface area (Å²) in [5.41, 5.74) is 0.465. The van der Waals surface area contributed by atoms with Crippen molar-refractivity contribution >= 4 is 11.9 Å². The monoisotopic (exact) mass is 345 g/mol. The lowest BCUT2D eigenvalue weighted by atomic mass is 10.0. The Morgan fingerprint density at radius 1 is 1.16 bits per heavy atom. The second-order valence-electron chi connectivity index (χ2n) is 5.26. The van der Waals surface area contributed by atoms with Crippen LogP contribution < -0.4 is 15.6 Å². The fraction of sp³-hybridized carbons (Fsp3) is 0.294. The Kier molecular flexibility index (Phi) is 5.89. The fourth-order valence-corrected chi connectivity index (χ4v) is 2.19. The summed E-state index contributed by atoms with van der Waals surface area (Å²) in [4.78, 5) is 35.5. The van der Waals surface area contributed by atoms with Crippen molar-refractivity contribution in [2.24, 2.45) is 7.05 Å². The van der Waals surface area contributed by atoms with Crippen molar-refractivity contribution in [3.63, 3.8) is 0 Å². The topological polar surface area (TPSA) is 99.5 Å². The summed E-state index contributed by atoms with van der Waals surface area (Å²) in [6.45, 7) is 0. The molecule has 0 saturated heterocycles. The first-order valence-corrected chi connectivity index (χ1v) is 7.50. The minimum Gasteiger partial charge on any atom is -0.497 e. The highest BCUT2D eigenvalue weighted by Gasteiger charge is 2.20. The Balaban J connectivity index is 2.24. The van der Waals surface area contributed by atoms with Gasteiger partial charge in [0.05, 0.1) is 26.7 Å². The quantitative estimate of drug-likeness (QED) is 0.778. The van der Waals surface area contributed by atoms with Crippen LogP contribution in [0.1, 0.15) is 28.5 Å². The lowest BCUT2D eigenvalue weighted by Gasteiger charge is -2.18. The van der Waals surface area contributed by atoms with Crippen LogP contribution in [-0.4, -0.2) is 35.9 Å². The van der Waals surface area contributed by atoms with Gasteiger partial charge in [-0.2, -0.15) is 5.10 Å². The van der Waals surface area contributed by atoms with Crippen molar-refractivity contribution in [3.05, 3.63) is 58.0 Å². The summed E-state index contributed by atoms with van der Waals surface area (Å²) < 4.78 is 10.9. The Morgan fingerprint density at radius 2 is 1.84 bits per heavy atom. The Labute approximate surface area is 144 Å². The van der Waals surface area contributed by atoms with Gasteiger partial charge in [0.1, 0.15) is 11.4 Å². The summed E-state index contributed by atoms with van der Waals surface area (Å²) in [6, 6.07) is 8.95. The van der Waals surface area contributed by atoms with Gasteiger partial charge >= 0.3 is 5.97 Å². The van der Waals surface area contributed by atoms with Gasteiger partial charge in [-0.05, 0) is 23.8 Å². The van der Waals surface area contributed by atoms with Crippen molar-refractivity contribution in [1.29, 1.82) is 0 Å². The number of esters is 1. The molecule has 0 spiro atoms. The lowest BCUT2D eigenvalue weighted by Crippen LogP contribution is -2.32. The predicted molar refractivity (Wildman–Crippen MR) is 89.3 cm³/mol. The molecule has 1 aromatic heterocycles. The molecule has 1 amide bonds. The number of nitrogens with zero attached hydrogens (tertiary/aromatic N) is 2. The first-order chi connectivity index (χ1) is 11.9. The fourth-order valence-electron chi connectivity index (χ4n) is 2.19. The molecule has 132 valence electrons. The summed E-state index contributed by atoms with van der Waals surface area (Å²) in [5, 5.41) is 6.64. The molecule has 0 aliphatic carbocycles. The largest absolute Gasteiger partial charge is 0.497 e. The summed E-state index contributed by atoms with van der Waals surface area (Å²) in [6.07, 6.45) is -0.0413. The molecule has 0 radical (unpaired) electrons. The molecule has 1 atom stereocenters. The molecule has 2 rings (SSSR count). The highest BCUT2D eigenvalue weighted by atomic mass is 16.5. The van der Waals surface area contributed by atoms with Gasteiger partial charge in [0, 0.05) is 13.1 Å². The van der Waals surface area contributed by atoms with Crippen molar-refractivity contribution in [2.45, 2.75) is 12.5 Å². The number of rotatable bonds is 6. The standard InChI is InChI=1S/C17H19N3O5/c1-20-15(21)9-8-13(19-20)17(23)18-14(10-16(22)25-3)11-4-6-12(24-2)7-5-11/h4-9,14H,10H2,1-3H3,(H,18,23)/t14-/m1/s1. The normalized spacial score (nSPS) is 11.5. The molecule has 0 aliphatic heterocycles. The van der Waals surface area contributed by atoms with Gasteiger partial charge in [-0.1, -0.05) is 12.1 Å². The van der Waals surface area contributed by atoms with Gasteiger partial charge in [-0.15, -0.1) is 0 Å². The maximum Gasteiger partial charge on any atom is 0.307 e. The second-order valence-corrected chi connectivity index (χ2v) is 5.26. The number of aryl methyl sites for hydroxylation is 1. The van der Waals surface area contributed by atoms with E-state index in [-0.39, 0.29) is 17.7 Å². The molecule has 1 heterocycles. The molecule has 0 saturated carbocycles. The average Bonchev–Trinajstić information content (AvgIpc) is 2.63. The van der Waals surface area contributed by atoms with Crippen LogP contribution in [0.4, 0.5) is 0 Å². The first-order valence-electron chi connectivity index (χ1n) is 7.50. The van der Waals surface area contributed by atoms with Crippen LogP contribution in [0.15, 0.2) is 41.2 Å². The van der Waals surface area contributed by atoms with E-state index in [2.05, 4.69) is 10.4 Å². The SMILES string of the molecule is COC(=O)C[C@@H](NC(=O)c1ccc(=O)n(C)n1)c1ccc(OC)cc1. The molecular formula is C17H19N3O5. The van der Waals surface area contributed by atoms with E-state index in [1.807, 2.05) is 0 Å². The third-order valence-corrected chi connectivity index (χ3v) is 3.62. The molecule has 0 bridgehead atoms. The van der Waals surface area contributed by atoms with Crippen LogP contribution in [0.5, 0.6) is 5.75 Å². The van der Waals surface area contributed by atoms with Crippen LogP contribution in [0.2, 0.25) is 0 Å². The highest BCUT2D eigenvalue weighted by molar-refractivity contribution is 5.92. The van der Waals surface area contributed by atoms with Crippen molar-refractivity contribution < 1.29 is 19.1 Å². The Hall–Kier alpha value is -3.16. The van der Waals surface area contributed by atoms with E-state index < -0.39 is 17.9 Å². The number of ether oxygens (including phenoxy) is 2. The number of carbonyl (C=O) groups excluding carboxylic acids is 2. The number of nitrogens with one attached hydrogen (secondary N) is 1. The number of methoxy groups -OCH3 is 2. The van der Waals surface area contributed by atoms with Gasteiger partial charge < -0.3 is 14.8 Å². The van der Waals surface area contributed by atoms with Gasteiger partial charge in [0.25, 0.3) is 11.5 Å². The number of hydrogen-bond donors (Lipinski definition) is 1. The summed E-state index contributed by atoms with van der Waals surface area (Å²) >= 11 is 0. The van der Waals surface area contributed by atoms with Crippen LogP contribution in [0.3, 0.4) is 0 Å². The number of hydrogen-bond acceptors (Lipinski definition) is 6. The zero-order valence-electron chi connectivity index (χ0n) is 14.2. The molecule has 1 aromatic carbocycles. The summed E-state index contributed by atoms with van der Waals surface area (Å²) in [7, 11) is 4.28. The zero-order chi connectivity index (χ0) is 18.4. The van der Waals surface area contributed by atoms with E-state index in [0.29, 0.717) is 11.3 Å². The number of carbonyl (C=O) groups is 2. The molecule has 25 heavy (non-hydrogen) atoms. The molecule has 0 unspecified atom stereocenters. The van der Waals surface area contributed by atoms with E-state index >= 15 is 0 Å². The van der Waals surface area contributed by atoms with Gasteiger partial charge in [0.15, 0.2) is 0 Å². The van der Waals surface area contributed by atoms with E-state index in [4.69, 9.17) is 9.47 Å². The molecule has 0 fully saturated rings. The van der Waals surface area contributed by atoms with Gasteiger partial charge in [0.2, 0.25) is 0 Å². The van der Waals surface area contributed by atoms with Crippen LogP contribution >= 0.6 is 0 Å². The van der Waals surface area contributed by atoms with Gasteiger partial charge in [-0.25, -0.2) is 4.68 Å². The second kappa shape index (κ2) is 8.09. The third kappa shape index (κ3) is 4.66. The summed E-state index contributed by atoms with van der Waals surface area (Å²) in [5.74, 6) is -0.304. The zero-order valence-corrected chi connectivity index (χ0v) is 14.2. The third-order valence-electron chi connectivity index (χ3n) is 3.62. The first kappa shape index (κ1) is 18.2. The maximum absolute atomic E-state index is 12.4. The molecule has 2 aromatic rings. The molecule has 8 nitrogen and oxygen atoms in total. The van der Waals surface area contributed by atoms with Crippen LogP contribution in [0, 0.1) is 0 Å². The smallest absolute Gasteiger partial charge is 0.307 e. The van der Waals surface area contributed by atoms with Crippen molar-refractivity contribution in [3.8, 4) is 5.75 Å². The van der Waals surface area contributed by atoms with Gasteiger partial charge in [-0.3, -0.25) is 14.4 Å². The average molecular weight is 345 g/mol. The maximum atomic E-state index is 12.4.